The van der Waals surface area contributed by atoms with E-state index in [0.29, 0.717) is 19.3 Å². The van der Waals surface area contributed by atoms with Gasteiger partial charge in [0.25, 0.3) is 0 Å². The van der Waals surface area contributed by atoms with Gasteiger partial charge in [0.2, 0.25) is 0 Å². The summed E-state index contributed by atoms with van der Waals surface area (Å²) in [5.41, 5.74) is -0.535. The van der Waals surface area contributed by atoms with Crippen molar-refractivity contribution in [3.8, 4) is 0 Å². The Bertz CT molecular complexity index is 499. The number of esters is 1. The van der Waals surface area contributed by atoms with Gasteiger partial charge >= 0.3 is 5.97 Å². The molecule has 1 aromatic rings. The van der Waals surface area contributed by atoms with Crippen LogP contribution in [0.25, 0.3) is 0 Å². The largest absolute Gasteiger partial charge is 0.459 e. The molecule has 1 atom stereocenters. The SMILES string of the molecule is CC(C)(C)OC(=O)C1(Cc2ccccc2)CCCC1=O. The summed E-state index contributed by atoms with van der Waals surface area (Å²) >= 11 is 0. The lowest BCUT2D eigenvalue weighted by molar-refractivity contribution is -0.169. The number of ether oxygens (including phenoxy) is 1. The van der Waals surface area contributed by atoms with Crippen molar-refractivity contribution in [1.82, 2.24) is 0 Å². The Morgan fingerprint density at radius 3 is 2.40 bits per heavy atom. The molecule has 1 aliphatic carbocycles. The van der Waals surface area contributed by atoms with Crippen LogP contribution in [0.4, 0.5) is 0 Å². The topological polar surface area (TPSA) is 43.4 Å². The van der Waals surface area contributed by atoms with Gasteiger partial charge in [-0.25, -0.2) is 0 Å². The summed E-state index contributed by atoms with van der Waals surface area (Å²) in [5, 5.41) is 0. The Kier molecular flexibility index (Phi) is 3.98. The fraction of sp³-hybridized carbons (Fsp3) is 0.529. The standard InChI is InChI=1S/C17H22O3/c1-16(2,3)20-15(19)17(11-7-10-14(17)18)12-13-8-5-4-6-9-13/h4-6,8-9H,7,10-12H2,1-3H3. The second kappa shape index (κ2) is 5.39. The number of hydrogen-bond acceptors (Lipinski definition) is 3. The Morgan fingerprint density at radius 1 is 1.25 bits per heavy atom. The Labute approximate surface area is 120 Å². The molecule has 0 saturated heterocycles. The molecule has 1 unspecified atom stereocenters. The van der Waals surface area contributed by atoms with Gasteiger partial charge in [0.1, 0.15) is 11.0 Å². The van der Waals surface area contributed by atoms with Gasteiger partial charge in [-0.3, -0.25) is 9.59 Å². The summed E-state index contributed by atoms with van der Waals surface area (Å²) in [4.78, 5) is 24.9. The molecular formula is C17H22O3. The van der Waals surface area contributed by atoms with E-state index in [1.165, 1.54) is 0 Å². The van der Waals surface area contributed by atoms with Crippen LogP contribution in [0.5, 0.6) is 0 Å². The van der Waals surface area contributed by atoms with Crippen LogP contribution in [0, 0.1) is 5.41 Å². The van der Waals surface area contributed by atoms with Crippen molar-refractivity contribution in [2.24, 2.45) is 5.41 Å². The third-order valence-electron chi connectivity index (χ3n) is 3.68. The highest BCUT2D eigenvalue weighted by Gasteiger charge is 2.50. The summed E-state index contributed by atoms with van der Waals surface area (Å²) in [5.74, 6) is -0.341. The fourth-order valence-electron chi connectivity index (χ4n) is 2.72. The summed E-state index contributed by atoms with van der Waals surface area (Å²) in [7, 11) is 0. The number of benzene rings is 1. The van der Waals surface area contributed by atoms with E-state index in [1.54, 1.807) is 0 Å². The maximum atomic E-state index is 12.6. The molecule has 1 saturated carbocycles. The summed E-state index contributed by atoms with van der Waals surface area (Å²) < 4.78 is 5.51. The quantitative estimate of drug-likeness (QED) is 0.627. The minimum atomic E-state index is -0.978. The number of rotatable bonds is 3. The van der Waals surface area contributed by atoms with Crippen LogP contribution in [-0.2, 0) is 20.7 Å². The van der Waals surface area contributed by atoms with Crippen molar-refractivity contribution in [1.29, 1.82) is 0 Å². The highest BCUT2D eigenvalue weighted by Crippen LogP contribution is 2.40. The zero-order valence-corrected chi connectivity index (χ0v) is 12.4. The van der Waals surface area contributed by atoms with Gasteiger partial charge in [0, 0.05) is 6.42 Å². The van der Waals surface area contributed by atoms with Crippen molar-refractivity contribution < 1.29 is 14.3 Å². The van der Waals surface area contributed by atoms with Crippen molar-refractivity contribution in [2.75, 3.05) is 0 Å². The molecule has 2 rings (SSSR count). The summed E-state index contributed by atoms with van der Waals surface area (Å²) in [6.07, 6.45) is 2.29. The molecule has 0 aromatic heterocycles. The molecule has 1 fully saturated rings. The molecule has 20 heavy (non-hydrogen) atoms. The van der Waals surface area contributed by atoms with Crippen LogP contribution in [0.2, 0.25) is 0 Å². The molecular weight excluding hydrogens is 252 g/mol. The first-order valence-corrected chi connectivity index (χ1v) is 7.14. The molecule has 3 heteroatoms. The van der Waals surface area contributed by atoms with Gasteiger partial charge in [-0.05, 0) is 45.6 Å². The zero-order valence-electron chi connectivity index (χ0n) is 12.4. The van der Waals surface area contributed by atoms with E-state index in [1.807, 2.05) is 51.1 Å². The second-order valence-corrected chi connectivity index (χ2v) is 6.52. The first-order valence-electron chi connectivity index (χ1n) is 7.14. The smallest absolute Gasteiger partial charge is 0.320 e. The molecule has 0 radical (unpaired) electrons. The molecule has 1 aliphatic rings. The first-order chi connectivity index (χ1) is 9.33. The van der Waals surface area contributed by atoms with E-state index < -0.39 is 11.0 Å². The lowest BCUT2D eigenvalue weighted by Crippen LogP contribution is -2.42. The lowest BCUT2D eigenvalue weighted by atomic mass is 9.79. The van der Waals surface area contributed by atoms with Gasteiger partial charge in [-0.15, -0.1) is 0 Å². The number of Topliss-reactive ketones (excluding diaryl/α,β-unsaturated/α-hetero) is 1. The highest BCUT2D eigenvalue weighted by molar-refractivity contribution is 6.05. The normalized spacial score (nSPS) is 22.9. The third-order valence-corrected chi connectivity index (χ3v) is 3.68. The Balaban J connectivity index is 2.27. The molecule has 0 bridgehead atoms. The minimum absolute atomic E-state index is 0.0237. The number of carbonyl (C=O) groups excluding carboxylic acids is 2. The van der Waals surface area contributed by atoms with Crippen LogP contribution in [0.1, 0.15) is 45.6 Å². The van der Waals surface area contributed by atoms with E-state index in [-0.39, 0.29) is 11.8 Å². The van der Waals surface area contributed by atoms with Crippen molar-refractivity contribution in [3.63, 3.8) is 0 Å². The molecule has 0 amide bonds. The third kappa shape index (κ3) is 3.09. The zero-order chi connectivity index (χ0) is 14.8. The fourth-order valence-corrected chi connectivity index (χ4v) is 2.72. The molecule has 0 spiro atoms. The highest BCUT2D eigenvalue weighted by atomic mass is 16.6. The molecule has 0 N–H and O–H groups in total. The second-order valence-electron chi connectivity index (χ2n) is 6.52. The van der Waals surface area contributed by atoms with Crippen molar-refractivity contribution >= 4 is 11.8 Å². The monoisotopic (exact) mass is 274 g/mol. The van der Waals surface area contributed by atoms with Gasteiger partial charge in [0.05, 0.1) is 0 Å². The van der Waals surface area contributed by atoms with E-state index in [0.717, 1.165) is 12.0 Å². The molecule has 1 aromatic carbocycles. The van der Waals surface area contributed by atoms with Crippen LogP contribution in [0.15, 0.2) is 30.3 Å². The van der Waals surface area contributed by atoms with E-state index in [9.17, 15) is 9.59 Å². The lowest BCUT2D eigenvalue weighted by Gasteiger charge is -2.30. The average Bonchev–Trinajstić information content (AvgIpc) is 2.71. The number of hydrogen-bond donors (Lipinski definition) is 0. The van der Waals surface area contributed by atoms with Gasteiger partial charge in [-0.1, -0.05) is 30.3 Å². The summed E-state index contributed by atoms with van der Waals surface area (Å²) in [6.45, 7) is 5.50. The predicted molar refractivity (Wildman–Crippen MR) is 77.3 cm³/mol. The van der Waals surface area contributed by atoms with Gasteiger partial charge in [0.15, 0.2) is 5.78 Å². The van der Waals surface area contributed by atoms with E-state index in [4.69, 9.17) is 4.74 Å². The maximum absolute atomic E-state index is 12.6. The molecule has 0 aliphatic heterocycles. The molecule has 3 nitrogen and oxygen atoms in total. The van der Waals surface area contributed by atoms with Crippen molar-refractivity contribution in [2.45, 2.75) is 52.1 Å². The van der Waals surface area contributed by atoms with Crippen molar-refractivity contribution in [3.05, 3.63) is 35.9 Å². The Hall–Kier alpha value is -1.64. The van der Waals surface area contributed by atoms with Crippen LogP contribution >= 0.6 is 0 Å². The van der Waals surface area contributed by atoms with Crippen LogP contribution in [-0.4, -0.2) is 17.4 Å². The van der Waals surface area contributed by atoms with Gasteiger partial charge < -0.3 is 4.74 Å². The maximum Gasteiger partial charge on any atom is 0.320 e. The number of carbonyl (C=O) groups is 2. The Morgan fingerprint density at radius 2 is 1.90 bits per heavy atom. The van der Waals surface area contributed by atoms with Gasteiger partial charge in [-0.2, -0.15) is 0 Å². The van der Waals surface area contributed by atoms with E-state index >= 15 is 0 Å². The average molecular weight is 274 g/mol. The van der Waals surface area contributed by atoms with Crippen LogP contribution in [0.3, 0.4) is 0 Å². The molecule has 0 heterocycles. The number of ketones is 1. The van der Waals surface area contributed by atoms with E-state index in [2.05, 4.69) is 0 Å². The van der Waals surface area contributed by atoms with Crippen LogP contribution < -0.4 is 0 Å². The first kappa shape index (κ1) is 14.8. The predicted octanol–water partition coefficient (Wildman–Crippen LogP) is 3.31. The molecule has 108 valence electrons. The minimum Gasteiger partial charge on any atom is -0.459 e. The summed E-state index contributed by atoms with van der Waals surface area (Å²) in [6, 6.07) is 9.70.